The maximum atomic E-state index is 13.8. The van der Waals surface area contributed by atoms with Gasteiger partial charge in [-0.2, -0.15) is 0 Å². The second-order valence-electron chi connectivity index (χ2n) is 5.74. The van der Waals surface area contributed by atoms with E-state index in [1.165, 1.54) is 6.07 Å². The molecule has 1 saturated heterocycles. The summed E-state index contributed by atoms with van der Waals surface area (Å²) in [6, 6.07) is 14.5. The summed E-state index contributed by atoms with van der Waals surface area (Å²) in [5.41, 5.74) is 2.57. The maximum absolute atomic E-state index is 13.8. The molecule has 1 fully saturated rings. The van der Waals surface area contributed by atoms with E-state index in [0.29, 0.717) is 18.8 Å². The number of quaternary nitrogens is 1. The molecule has 122 valence electrons. The molecule has 1 aliphatic rings. The van der Waals surface area contributed by atoms with Gasteiger partial charge in [-0.1, -0.05) is 29.8 Å². The van der Waals surface area contributed by atoms with Crippen LogP contribution in [-0.2, 0) is 0 Å². The number of para-hydroxylation sites is 1. The van der Waals surface area contributed by atoms with Gasteiger partial charge in [-0.15, -0.1) is 0 Å². The van der Waals surface area contributed by atoms with E-state index in [1.54, 1.807) is 6.07 Å². The fraction of sp³-hybridized carbons (Fsp3) is 0.278. The van der Waals surface area contributed by atoms with Gasteiger partial charge in [0.15, 0.2) is 11.5 Å². The van der Waals surface area contributed by atoms with Crippen LogP contribution in [-0.4, -0.2) is 37.0 Å². The molecule has 1 N–H and O–H groups in total. The van der Waals surface area contributed by atoms with Gasteiger partial charge < -0.3 is 17.3 Å². The van der Waals surface area contributed by atoms with Crippen LogP contribution in [0.2, 0.25) is 0 Å². The van der Waals surface area contributed by atoms with Crippen molar-refractivity contribution in [1.82, 2.24) is 4.90 Å². The summed E-state index contributed by atoms with van der Waals surface area (Å²) in [6.45, 7) is 4.77. The van der Waals surface area contributed by atoms with E-state index in [2.05, 4.69) is 0 Å². The van der Waals surface area contributed by atoms with Gasteiger partial charge in [0, 0.05) is 11.6 Å². The molecule has 2 aromatic rings. The van der Waals surface area contributed by atoms with Crippen molar-refractivity contribution in [2.75, 3.05) is 26.2 Å². The Kier molecular flexibility index (Phi) is 5.74. The first kappa shape index (κ1) is 17.4. The van der Waals surface area contributed by atoms with E-state index in [-0.39, 0.29) is 24.1 Å². The molecular formula is C18H20ClFN2O. The van der Waals surface area contributed by atoms with Gasteiger partial charge in [0.25, 0.3) is 5.91 Å². The van der Waals surface area contributed by atoms with E-state index in [4.69, 9.17) is 0 Å². The Morgan fingerprint density at radius 2 is 1.65 bits per heavy atom. The normalized spacial score (nSPS) is 15.1. The standard InChI is InChI=1S/C18H19FN2O.ClH/c1-14-6-8-15(9-7-14)18(22)21-12-10-20(11-13-21)17-5-3-2-4-16(17)19;/h2-9H,10-13H2,1H3;1H. The lowest BCUT2D eigenvalue weighted by atomic mass is 10.1. The molecular weight excluding hydrogens is 315 g/mol. The summed E-state index contributed by atoms with van der Waals surface area (Å²) >= 11 is 0. The minimum absolute atomic E-state index is 0. The lowest BCUT2D eigenvalue weighted by molar-refractivity contribution is -0.838. The van der Waals surface area contributed by atoms with Crippen molar-refractivity contribution in [3.8, 4) is 0 Å². The van der Waals surface area contributed by atoms with Crippen LogP contribution in [0, 0.1) is 12.7 Å². The molecule has 0 atom stereocenters. The third-order valence-corrected chi connectivity index (χ3v) is 4.21. The van der Waals surface area contributed by atoms with Crippen LogP contribution < -0.4 is 17.3 Å². The Bertz CT molecular complexity index is 667. The van der Waals surface area contributed by atoms with E-state index in [1.807, 2.05) is 48.2 Å². The predicted molar refractivity (Wildman–Crippen MR) is 83.8 cm³/mol. The highest BCUT2D eigenvalue weighted by Crippen LogP contribution is 2.10. The molecule has 0 radical (unpaired) electrons. The molecule has 1 heterocycles. The van der Waals surface area contributed by atoms with Gasteiger partial charge in [-0.3, -0.25) is 9.69 Å². The topological polar surface area (TPSA) is 24.8 Å². The van der Waals surface area contributed by atoms with Crippen molar-refractivity contribution in [3.63, 3.8) is 0 Å². The van der Waals surface area contributed by atoms with Crippen LogP contribution >= 0.6 is 0 Å². The molecule has 1 aliphatic heterocycles. The number of rotatable bonds is 2. The molecule has 0 spiro atoms. The molecule has 3 rings (SSSR count). The van der Waals surface area contributed by atoms with Crippen LogP contribution in [0.25, 0.3) is 0 Å². The van der Waals surface area contributed by atoms with Crippen molar-refractivity contribution in [3.05, 3.63) is 65.5 Å². The molecule has 0 unspecified atom stereocenters. The van der Waals surface area contributed by atoms with E-state index < -0.39 is 0 Å². The third-order valence-electron chi connectivity index (χ3n) is 4.21. The van der Waals surface area contributed by atoms with Crippen LogP contribution in [0.5, 0.6) is 0 Å². The van der Waals surface area contributed by atoms with Gasteiger partial charge in [0.05, 0.1) is 26.2 Å². The number of halogens is 2. The molecule has 1 amide bonds. The zero-order valence-corrected chi connectivity index (χ0v) is 13.8. The number of amides is 1. The first-order chi connectivity index (χ1) is 10.6. The van der Waals surface area contributed by atoms with Crippen molar-refractivity contribution >= 4 is 11.6 Å². The molecule has 0 bridgehead atoms. The Hall–Kier alpha value is -1.91. The van der Waals surface area contributed by atoms with Crippen molar-refractivity contribution in [2.24, 2.45) is 0 Å². The van der Waals surface area contributed by atoms with Gasteiger partial charge >= 0.3 is 0 Å². The highest BCUT2D eigenvalue weighted by atomic mass is 35.5. The first-order valence-corrected chi connectivity index (χ1v) is 7.60. The Labute approximate surface area is 142 Å². The zero-order valence-electron chi connectivity index (χ0n) is 13.1. The number of nitrogens with one attached hydrogen (secondary N) is 1. The van der Waals surface area contributed by atoms with Gasteiger partial charge in [-0.25, -0.2) is 4.39 Å². The van der Waals surface area contributed by atoms with Crippen LogP contribution in [0.4, 0.5) is 10.1 Å². The molecule has 0 saturated carbocycles. The van der Waals surface area contributed by atoms with Crippen LogP contribution in [0.1, 0.15) is 15.9 Å². The van der Waals surface area contributed by atoms with Crippen molar-refractivity contribution < 1.29 is 26.5 Å². The molecule has 3 nitrogen and oxygen atoms in total. The first-order valence-electron chi connectivity index (χ1n) is 7.60. The predicted octanol–water partition coefficient (Wildman–Crippen LogP) is -1.19. The fourth-order valence-electron chi connectivity index (χ4n) is 2.88. The average molecular weight is 335 g/mol. The SMILES string of the molecule is Cc1ccc(C(=O)N2CC[NH+](c3ccccc3F)CC2)cc1.[Cl-]. The molecule has 0 aliphatic carbocycles. The fourth-order valence-corrected chi connectivity index (χ4v) is 2.88. The maximum Gasteiger partial charge on any atom is 0.254 e. The van der Waals surface area contributed by atoms with Gasteiger partial charge in [-0.05, 0) is 25.1 Å². The van der Waals surface area contributed by atoms with Crippen molar-refractivity contribution in [2.45, 2.75) is 6.92 Å². The smallest absolute Gasteiger partial charge is 0.254 e. The van der Waals surface area contributed by atoms with E-state index in [9.17, 15) is 9.18 Å². The summed E-state index contributed by atoms with van der Waals surface area (Å²) in [4.78, 5) is 15.4. The quantitative estimate of drug-likeness (QED) is 0.734. The summed E-state index contributed by atoms with van der Waals surface area (Å²) in [5.74, 6) is -0.108. The van der Waals surface area contributed by atoms with E-state index >= 15 is 0 Å². The second-order valence-corrected chi connectivity index (χ2v) is 5.74. The highest BCUT2D eigenvalue weighted by Gasteiger charge is 2.27. The lowest BCUT2D eigenvalue weighted by Crippen LogP contribution is -3.10. The zero-order chi connectivity index (χ0) is 15.5. The van der Waals surface area contributed by atoms with Crippen LogP contribution in [0.3, 0.4) is 0 Å². The number of aryl methyl sites for hydroxylation is 1. The summed E-state index contributed by atoms with van der Waals surface area (Å²) < 4.78 is 13.8. The van der Waals surface area contributed by atoms with Crippen LogP contribution in [0.15, 0.2) is 48.5 Å². The highest BCUT2D eigenvalue weighted by molar-refractivity contribution is 5.94. The summed E-state index contributed by atoms with van der Waals surface area (Å²) in [6.07, 6.45) is 0. The molecule has 0 aromatic heterocycles. The third kappa shape index (κ3) is 3.89. The number of nitrogens with zero attached hydrogens (tertiary/aromatic N) is 1. The number of carbonyl (C=O) groups is 1. The average Bonchev–Trinajstić information content (AvgIpc) is 2.56. The minimum Gasteiger partial charge on any atom is -1.00 e. The summed E-state index contributed by atoms with van der Waals surface area (Å²) in [7, 11) is 0. The Balaban J connectivity index is 0.00000192. The lowest BCUT2D eigenvalue weighted by Gasteiger charge is -2.32. The number of piperazine rings is 1. The largest absolute Gasteiger partial charge is 1.00 e. The minimum atomic E-state index is -0.171. The van der Waals surface area contributed by atoms with E-state index in [0.717, 1.165) is 29.1 Å². The number of hydrogen-bond donors (Lipinski definition) is 1. The number of benzene rings is 2. The Morgan fingerprint density at radius 3 is 2.26 bits per heavy atom. The monoisotopic (exact) mass is 334 g/mol. The number of carbonyl (C=O) groups excluding carboxylic acids is 1. The number of hydrogen-bond acceptors (Lipinski definition) is 1. The second kappa shape index (κ2) is 7.57. The molecule has 2 aromatic carbocycles. The summed E-state index contributed by atoms with van der Waals surface area (Å²) in [5, 5.41) is 0. The molecule has 23 heavy (non-hydrogen) atoms. The molecule has 5 heteroatoms. The van der Waals surface area contributed by atoms with Gasteiger partial charge in [0.2, 0.25) is 0 Å². The Morgan fingerprint density at radius 1 is 1.04 bits per heavy atom. The van der Waals surface area contributed by atoms with Crippen molar-refractivity contribution in [1.29, 1.82) is 0 Å². The van der Waals surface area contributed by atoms with Gasteiger partial charge in [0.1, 0.15) is 0 Å².